The second-order valence-corrected chi connectivity index (χ2v) is 9.19. The van der Waals surface area contributed by atoms with Gasteiger partial charge in [0.1, 0.15) is 10.7 Å². The number of piperazine rings is 1. The van der Waals surface area contributed by atoms with Crippen molar-refractivity contribution in [2.45, 2.75) is 45.2 Å². The Labute approximate surface area is 164 Å². The van der Waals surface area contributed by atoms with E-state index < -0.39 is 0 Å². The summed E-state index contributed by atoms with van der Waals surface area (Å²) in [6.07, 6.45) is 7.04. The van der Waals surface area contributed by atoms with Gasteiger partial charge in [-0.2, -0.15) is 0 Å². The molecule has 2 aromatic rings. The van der Waals surface area contributed by atoms with Crippen LogP contribution in [-0.4, -0.2) is 75.9 Å². The topological polar surface area (TPSA) is 52.6 Å². The zero-order valence-electron chi connectivity index (χ0n) is 16.0. The second kappa shape index (κ2) is 7.11. The summed E-state index contributed by atoms with van der Waals surface area (Å²) in [7, 11) is 0. The second-order valence-electron chi connectivity index (χ2n) is 8.10. The number of hydrogen-bond donors (Lipinski definition) is 0. The van der Waals surface area contributed by atoms with Crippen LogP contribution in [0, 0.1) is 6.92 Å². The molecule has 0 atom stereocenters. The molecule has 1 saturated heterocycles. The highest BCUT2D eigenvalue weighted by atomic mass is 32.1. The van der Waals surface area contributed by atoms with E-state index in [1.807, 2.05) is 13.1 Å². The average Bonchev–Trinajstić information content (AvgIpc) is 2.97. The molecule has 0 spiro atoms. The first-order valence-corrected chi connectivity index (χ1v) is 11.0. The minimum Gasteiger partial charge on any atom is -0.339 e. The van der Waals surface area contributed by atoms with Crippen molar-refractivity contribution >= 4 is 27.5 Å². The van der Waals surface area contributed by atoms with Gasteiger partial charge >= 0.3 is 0 Å². The van der Waals surface area contributed by atoms with Gasteiger partial charge in [0.05, 0.1) is 6.54 Å². The summed E-state index contributed by atoms with van der Waals surface area (Å²) in [6, 6.07) is 0.794. The normalized spacial score (nSPS) is 22.0. The van der Waals surface area contributed by atoms with Crippen LogP contribution in [0.4, 0.5) is 0 Å². The van der Waals surface area contributed by atoms with Crippen molar-refractivity contribution in [3.05, 3.63) is 22.5 Å². The van der Waals surface area contributed by atoms with Crippen LogP contribution >= 0.6 is 11.3 Å². The Morgan fingerprint density at radius 3 is 2.78 bits per heavy atom. The molecule has 0 radical (unpaired) electrons. The van der Waals surface area contributed by atoms with Gasteiger partial charge in [-0.25, -0.2) is 9.97 Å². The fourth-order valence-corrected chi connectivity index (χ4v) is 5.81. The Hall–Kier alpha value is -1.57. The zero-order chi connectivity index (χ0) is 18.4. The van der Waals surface area contributed by atoms with Crippen molar-refractivity contribution in [2.75, 3.05) is 39.3 Å². The quantitative estimate of drug-likeness (QED) is 0.809. The fourth-order valence-electron chi connectivity index (χ4n) is 4.53. The molecular formula is C20H27N5OS. The van der Waals surface area contributed by atoms with Crippen molar-refractivity contribution in [1.82, 2.24) is 24.7 Å². The van der Waals surface area contributed by atoms with Crippen LogP contribution in [0.5, 0.6) is 0 Å². The van der Waals surface area contributed by atoms with Gasteiger partial charge in [0.2, 0.25) is 5.91 Å². The summed E-state index contributed by atoms with van der Waals surface area (Å²) in [5.41, 5.74) is 1.40. The van der Waals surface area contributed by atoms with Crippen LogP contribution in [0.2, 0.25) is 0 Å². The molecular weight excluding hydrogens is 358 g/mol. The van der Waals surface area contributed by atoms with E-state index in [2.05, 4.69) is 24.7 Å². The van der Waals surface area contributed by atoms with Gasteiger partial charge < -0.3 is 4.90 Å². The predicted molar refractivity (Wildman–Crippen MR) is 107 cm³/mol. The van der Waals surface area contributed by atoms with Gasteiger partial charge in [0, 0.05) is 61.8 Å². The van der Waals surface area contributed by atoms with E-state index in [1.165, 1.54) is 35.1 Å². The molecule has 0 N–H and O–H groups in total. The molecule has 2 aromatic heterocycles. The molecule has 4 heterocycles. The number of carbonyl (C=O) groups excluding carboxylic acids is 1. The standard InChI is InChI=1S/C20H27N5OS/c1-14-21-11-17-16-5-6-23(12-18(16)27-20(17)22-14)13-19(26)25-9-7-24(8-10-25)15-3-2-4-15/h11,15H,2-10,12-13H2,1H3. The Bertz CT molecular complexity index is 853. The number of thiophene rings is 1. The molecule has 144 valence electrons. The van der Waals surface area contributed by atoms with Crippen molar-refractivity contribution < 1.29 is 4.79 Å². The molecule has 5 rings (SSSR count). The Morgan fingerprint density at radius 1 is 1.22 bits per heavy atom. The first-order chi connectivity index (χ1) is 13.2. The summed E-state index contributed by atoms with van der Waals surface area (Å²) in [5.74, 6) is 1.12. The Balaban J connectivity index is 1.20. The minimum absolute atomic E-state index is 0.295. The van der Waals surface area contributed by atoms with Crippen LogP contribution in [0.1, 0.15) is 35.5 Å². The molecule has 7 heteroatoms. The summed E-state index contributed by atoms with van der Waals surface area (Å²) in [5, 5.41) is 1.21. The Morgan fingerprint density at radius 2 is 2.04 bits per heavy atom. The monoisotopic (exact) mass is 385 g/mol. The lowest BCUT2D eigenvalue weighted by molar-refractivity contribution is -0.135. The molecule has 0 unspecified atom stereocenters. The average molecular weight is 386 g/mol. The summed E-state index contributed by atoms with van der Waals surface area (Å²) in [6.45, 7) is 8.18. The molecule has 1 amide bonds. The minimum atomic E-state index is 0.295. The first-order valence-electron chi connectivity index (χ1n) is 10.2. The van der Waals surface area contributed by atoms with Crippen LogP contribution < -0.4 is 0 Å². The number of aromatic nitrogens is 2. The highest BCUT2D eigenvalue weighted by Gasteiger charge is 2.30. The molecule has 1 aliphatic carbocycles. The lowest BCUT2D eigenvalue weighted by Crippen LogP contribution is -2.55. The summed E-state index contributed by atoms with van der Waals surface area (Å²) >= 11 is 1.77. The van der Waals surface area contributed by atoms with E-state index in [1.54, 1.807) is 11.3 Å². The molecule has 2 fully saturated rings. The molecule has 27 heavy (non-hydrogen) atoms. The van der Waals surface area contributed by atoms with E-state index >= 15 is 0 Å². The van der Waals surface area contributed by atoms with Gasteiger partial charge in [-0.15, -0.1) is 11.3 Å². The molecule has 0 aromatic carbocycles. The maximum Gasteiger partial charge on any atom is 0.236 e. The maximum absolute atomic E-state index is 12.8. The molecule has 2 aliphatic heterocycles. The van der Waals surface area contributed by atoms with Gasteiger partial charge in [-0.3, -0.25) is 14.6 Å². The van der Waals surface area contributed by atoms with Crippen LogP contribution in [0.15, 0.2) is 6.20 Å². The smallest absolute Gasteiger partial charge is 0.236 e. The number of hydrogen-bond acceptors (Lipinski definition) is 6. The number of fused-ring (bicyclic) bond motifs is 3. The molecule has 6 nitrogen and oxygen atoms in total. The number of amides is 1. The van der Waals surface area contributed by atoms with Crippen molar-refractivity contribution in [1.29, 1.82) is 0 Å². The number of aryl methyl sites for hydroxylation is 1. The fraction of sp³-hybridized carbons (Fsp3) is 0.650. The van der Waals surface area contributed by atoms with Crippen LogP contribution in [0.3, 0.4) is 0 Å². The number of carbonyl (C=O) groups is 1. The highest BCUT2D eigenvalue weighted by Crippen LogP contribution is 2.33. The molecule has 3 aliphatic rings. The van der Waals surface area contributed by atoms with Crippen molar-refractivity contribution in [2.24, 2.45) is 0 Å². The van der Waals surface area contributed by atoms with Gasteiger partial charge in [-0.1, -0.05) is 6.42 Å². The van der Waals surface area contributed by atoms with E-state index in [4.69, 9.17) is 0 Å². The van der Waals surface area contributed by atoms with Crippen molar-refractivity contribution in [3.8, 4) is 0 Å². The van der Waals surface area contributed by atoms with Gasteiger partial charge in [0.25, 0.3) is 0 Å². The maximum atomic E-state index is 12.8. The lowest BCUT2D eigenvalue weighted by atomic mass is 9.91. The Kier molecular flexibility index (Phi) is 4.61. The third-order valence-corrected chi connectivity index (χ3v) is 7.54. The third kappa shape index (κ3) is 3.37. The van der Waals surface area contributed by atoms with Crippen LogP contribution in [0.25, 0.3) is 10.2 Å². The van der Waals surface area contributed by atoms with Gasteiger partial charge in [0.15, 0.2) is 0 Å². The zero-order valence-corrected chi connectivity index (χ0v) is 16.8. The number of rotatable bonds is 3. The number of nitrogens with zero attached hydrogens (tertiary/aromatic N) is 5. The largest absolute Gasteiger partial charge is 0.339 e. The summed E-state index contributed by atoms with van der Waals surface area (Å²) in [4.78, 5) is 31.2. The SMILES string of the molecule is Cc1ncc2c3c(sc2n1)CN(CC(=O)N1CCN(C2CCC2)CC1)CC3. The van der Waals surface area contributed by atoms with E-state index in [0.717, 1.165) is 62.4 Å². The molecule has 0 bridgehead atoms. The highest BCUT2D eigenvalue weighted by molar-refractivity contribution is 7.18. The van der Waals surface area contributed by atoms with E-state index in [9.17, 15) is 4.79 Å². The lowest BCUT2D eigenvalue weighted by Gasteiger charge is -2.43. The van der Waals surface area contributed by atoms with E-state index in [-0.39, 0.29) is 0 Å². The van der Waals surface area contributed by atoms with E-state index in [0.29, 0.717) is 12.5 Å². The predicted octanol–water partition coefficient (Wildman–Crippen LogP) is 2.05. The summed E-state index contributed by atoms with van der Waals surface area (Å²) < 4.78 is 0. The van der Waals surface area contributed by atoms with Crippen molar-refractivity contribution in [3.63, 3.8) is 0 Å². The van der Waals surface area contributed by atoms with Crippen LogP contribution in [-0.2, 0) is 17.8 Å². The first kappa shape index (κ1) is 17.5. The van der Waals surface area contributed by atoms with Gasteiger partial charge in [-0.05, 0) is 31.7 Å². The molecule has 1 saturated carbocycles. The third-order valence-electron chi connectivity index (χ3n) is 6.42.